The molecule has 0 N–H and O–H groups in total. The van der Waals surface area contributed by atoms with Crippen LogP contribution in [0, 0.1) is 28.9 Å². The van der Waals surface area contributed by atoms with Gasteiger partial charge in [0.15, 0.2) is 0 Å². The predicted molar refractivity (Wildman–Crippen MR) is 139 cm³/mol. The maximum atomic E-state index is 15.4. The van der Waals surface area contributed by atoms with Gasteiger partial charge in [0.2, 0.25) is 0 Å². The highest BCUT2D eigenvalue weighted by Gasteiger charge is 2.45. The van der Waals surface area contributed by atoms with Crippen molar-refractivity contribution in [3.05, 3.63) is 106 Å². The maximum Gasteiger partial charge on any atom is 0.338 e. The Morgan fingerprint density at radius 1 is 0.974 bits per heavy atom. The van der Waals surface area contributed by atoms with Gasteiger partial charge in [0, 0.05) is 25.1 Å². The first-order chi connectivity index (χ1) is 18.0. The van der Waals surface area contributed by atoms with Crippen LogP contribution in [0.2, 0.25) is 0 Å². The highest BCUT2D eigenvalue weighted by atomic mass is 19.1. The van der Waals surface area contributed by atoms with Crippen molar-refractivity contribution in [2.24, 2.45) is 5.92 Å². The monoisotopic (exact) mass is 520 g/mol. The number of benzene rings is 3. The van der Waals surface area contributed by atoms with Gasteiger partial charge < -0.3 is 4.74 Å². The fourth-order valence-electron chi connectivity index (χ4n) is 5.43. The van der Waals surface area contributed by atoms with Crippen molar-refractivity contribution in [3.63, 3.8) is 0 Å². The third-order valence-electron chi connectivity index (χ3n) is 6.89. The van der Waals surface area contributed by atoms with E-state index in [2.05, 4.69) is 11.0 Å². The van der Waals surface area contributed by atoms with Gasteiger partial charge in [-0.05, 0) is 86.7 Å². The smallest absolute Gasteiger partial charge is 0.338 e. The lowest BCUT2D eigenvalue weighted by molar-refractivity contribution is 0.00804. The molecule has 1 aliphatic heterocycles. The SMILES string of the molecule is CC(C)OC(=O)c1ccc(C(c2cccc(C#N)c2)N2CC([C@@H](c3cc(F)cc(F)c3)C(C)(C)F)C2)cc1. The van der Waals surface area contributed by atoms with E-state index in [0.29, 0.717) is 29.8 Å². The van der Waals surface area contributed by atoms with Crippen LogP contribution in [-0.2, 0) is 4.74 Å². The number of hydrogen-bond acceptors (Lipinski definition) is 4. The summed E-state index contributed by atoms with van der Waals surface area (Å²) in [5.74, 6) is -2.75. The average molecular weight is 521 g/mol. The van der Waals surface area contributed by atoms with E-state index in [4.69, 9.17) is 4.74 Å². The van der Waals surface area contributed by atoms with Crippen LogP contribution >= 0.6 is 0 Å². The zero-order valence-electron chi connectivity index (χ0n) is 21.9. The van der Waals surface area contributed by atoms with E-state index in [-0.39, 0.29) is 18.1 Å². The van der Waals surface area contributed by atoms with Crippen LogP contribution in [-0.4, -0.2) is 35.7 Å². The fraction of sp³-hybridized carbons (Fsp3) is 0.355. The molecule has 2 atom stereocenters. The Bertz CT molecular complexity index is 1320. The summed E-state index contributed by atoms with van der Waals surface area (Å²) in [7, 11) is 0. The van der Waals surface area contributed by atoms with Gasteiger partial charge >= 0.3 is 5.97 Å². The average Bonchev–Trinajstić information content (AvgIpc) is 2.81. The Kier molecular flexibility index (Phi) is 7.94. The van der Waals surface area contributed by atoms with Gasteiger partial charge in [-0.15, -0.1) is 0 Å². The summed E-state index contributed by atoms with van der Waals surface area (Å²) in [6, 6.07) is 19.5. The van der Waals surface area contributed by atoms with Crippen LogP contribution in [0.1, 0.15) is 72.3 Å². The number of alkyl halides is 1. The molecule has 1 unspecified atom stereocenters. The largest absolute Gasteiger partial charge is 0.459 e. The van der Waals surface area contributed by atoms with Crippen molar-refractivity contribution in [1.82, 2.24) is 4.90 Å². The summed E-state index contributed by atoms with van der Waals surface area (Å²) in [6.45, 7) is 7.41. The highest BCUT2D eigenvalue weighted by Crippen LogP contribution is 2.45. The van der Waals surface area contributed by atoms with E-state index in [1.807, 2.05) is 30.3 Å². The van der Waals surface area contributed by atoms with Crippen LogP contribution in [0.25, 0.3) is 0 Å². The van der Waals surface area contributed by atoms with Crippen LogP contribution in [0.15, 0.2) is 66.7 Å². The molecule has 4 nitrogen and oxygen atoms in total. The lowest BCUT2D eigenvalue weighted by Crippen LogP contribution is -2.53. The molecule has 1 heterocycles. The second-order valence-corrected chi connectivity index (χ2v) is 10.7. The van der Waals surface area contributed by atoms with Crippen molar-refractivity contribution >= 4 is 5.97 Å². The number of halogens is 3. The topological polar surface area (TPSA) is 53.3 Å². The molecule has 0 aromatic heterocycles. The van der Waals surface area contributed by atoms with Crippen molar-refractivity contribution in [2.45, 2.75) is 51.4 Å². The molecule has 1 fully saturated rings. The van der Waals surface area contributed by atoms with Crippen LogP contribution in [0.4, 0.5) is 13.2 Å². The molecule has 0 aliphatic carbocycles. The number of nitriles is 1. The Morgan fingerprint density at radius 2 is 1.61 bits per heavy atom. The van der Waals surface area contributed by atoms with E-state index in [0.717, 1.165) is 17.2 Å². The predicted octanol–water partition coefficient (Wildman–Crippen LogP) is 6.95. The Hall–Kier alpha value is -3.63. The van der Waals surface area contributed by atoms with E-state index in [1.54, 1.807) is 32.0 Å². The minimum absolute atomic E-state index is 0.182. The molecule has 0 bridgehead atoms. The van der Waals surface area contributed by atoms with E-state index in [9.17, 15) is 18.8 Å². The molecule has 0 radical (unpaired) electrons. The van der Waals surface area contributed by atoms with Gasteiger partial charge in [0.1, 0.15) is 17.3 Å². The molecule has 0 spiro atoms. The molecular weight excluding hydrogens is 489 g/mol. The van der Waals surface area contributed by atoms with Crippen LogP contribution in [0.5, 0.6) is 0 Å². The van der Waals surface area contributed by atoms with Gasteiger partial charge in [-0.2, -0.15) is 5.26 Å². The van der Waals surface area contributed by atoms with Gasteiger partial charge in [-0.1, -0.05) is 24.3 Å². The van der Waals surface area contributed by atoms with Crippen LogP contribution in [0.3, 0.4) is 0 Å². The molecular formula is C31H31F3N2O2. The first-order valence-corrected chi connectivity index (χ1v) is 12.7. The molecule has 1 saturated heterocycles. The third kappa shape index (κ3) is 6.08. The molecule has 1 aliphatic rings. The number of likely N-dealkylation sites (tertiary alicyclic amines) is 1. The summed E-state index contributed by atoms with van der Waals surface area (Å²) < 4.78 is 48.7. The molecule has 0 amide bonds. The fourth-order valence-corrected chi connectivity index (χ4v) is 5.43. The maximum absolute atomic E-state index is 15.4. The van der Waals surface area contributed by atoms with Gasteiger partial charge in [-0.25, -0.2) is 18.0 Å². The minimum atomic E-state index is -1.70. The Morgan fingerprint density at radius 3 is 2.16 bits per heavy atom. The molecule has 3 aromatic carbocycles. The standard InChI is InChI=1S/C31H31F3N2O2/c1-19(2)38-30(37)22-10-8-21(9-11-22)29(23-7-5-6-20(12-23)16-35)36-17-25(18-36)28(31(3,4)34)24-13-26(32)15-27(33)14-24/h5-15,19,25,28-29H,17-18H2,1-4H3/t28-,29?/m1/s1. The van der Waals surface area contributed by atoms with E-state index in [1.165, 1.54) is 26.0 Å². The quantitative estimate of drug-likeness (QED) is 0.302. The van der Waals surface area contributed by atoms with Gasteiger partial charge in [0.05, 0.1) is 29.3 Å². The first kappa shape index (κ1) is 27.4. The molecule has 38 heavy (non-hydrogen) atoms. The molecule has 198 valence electrons. The molecule has 4 rings (SSSR count). The number of rotatable bonds is 8. The first-order valence-electron chi connectivity index (χ1n) is 12.7. The highest BCUT2D eigenvalue weighted by molar-refractivity contribution is 5.89. The number of ether oxygens (including phenoxy) is 1. The number of carbonyl (C=O) groups is 1. The molecule has 7 heteroatoms. The van der Waals surface area contributed by atoms with Gasteiger partial charge in [0.25, 0.3) is 0 Å². The van der Waals surface area contributed by atoms with Crippen LogP contribution < -0.4 is 0 Å². The van der Waals surface area contributed by atoms with Crippen molar-refractivity contribution < 1.29 is 22.7 Å². The van der Waals surface area contributed by atoms with Crippen molar-refractivity contribution in [1.29, 1.82) is 5.26 Å². The number of esters is 1. The zero-order valence-corrected chi connectivity index (χ0v) is 21.9. The molecule has 3 aromatic rings. The number of hydrogen-bond donors (Lipinski definition) is 0. The minimum Gasteiger partial charge on any atom is -0.459 e. The van der Waals surface area contributed by atoms with E-state index < -0.39 is 29.2 Å². The number of carbonyl (C=O) groups excluding carboxylic acids is 1. The van der Waals surface area contributed by atoms with Crippen molar-refractivity contribution in [3.8, 4) is 6.07 Å². The van der Waals surface area contributed by atoms with E-state index >= 15 is 4.39 Å². The number of nitrogens with zero attached hydrogens (tertiary/aromatic N) is 2. The summed E-state index contributed by atoms with van der Waals surface area (Å²) in [5, 5.41) is 9.45. The summed E-state index contributed by atoms with van der Waals surface area (Å²) in [6.07, 6.45) is -0.235. The van der Waals surface area contributed by atoms with Gasteiger partial charge in [-0.3, -0.25) is 4.90 Å². The Balaban J connectivity index is 1.64. The molecule has 0 saturated carbocycles. The van der Waals surface area contributed by atoms with Crippen molar-refractivity contribution in [2.75, 3.05) is 13.1 Å². The zero-order chi connectivity index (χ0) is 27.6. The Labute approximate surface area is 221 Å². The lowest BCUT2D eigenvalue weighted by atomic mass is 9.72. The normalized spacial score (nSPS) is 16.0. The second kappa shape index (κ2) is 11.0. The summed E-state index contributed by atoms with van der Waals surface area (Å²) in [4.78, 5) is 14.5. The lowest BCUT2D eigenvalue weighted by Gasteiger charge is -2.50. The second-order valence-electron chi connectivity index (χ2n) is 10.7. The summed E-state index contributed by atoms with van der Waals surface area (Å²) >= 11 is 0. The summed E-state index contributed by atoms with van der Waals surface area (Å²) in [5.41, 5.74) is 1.32. The third-order valence-corrected chi connectivity index (χ3v) is 6.89.